The molecule has 1 amide bonds. The molecular weight excluding hydrogens is 391 g/mol. The van der Waals surface area contributed by atoms with Crippen molar-refractivity contribution in [2.45, 2.75) is 12.6 Å². The van der Waals surface area contributed by atoms with Crippen LogP contribution in [0.2, 0.25) is 0 Å². The van der Waals surface area contributed by atoms with Gasteiger partial charge in [-0.2, -0.15) is 13.2 Å². The van der Waals surface area contributed by atoms with Crippen LogP contribution in [0.1, 0.15) is 21.8 Å². The van der Waals surface area contributed by atoms with Crippen molar-refractivity contribution in [1.82, 2.24) is 14.7 Å². The van der Waals surface area contributed by atoms with E-state index in [2.05, 4.69) is 26.2 Å². The summed E-state index contributed by atoms with van der Waals surface area (Å²) >= 11 is 3.11. The molecule has 0 fully saturated rings. The lowest BCUT2D eigenvalue weighted by Crippen LogP contribution is -2.25. The third-order valence-electron chi connectivity index (χ3n) is 3.29. The number of hydrogen-bond donors (Lipinski definition) is 1. The number of fused-ring (bicyclic) bond motifs is 1. The van der Waals surface area contributed by atoms with Crippen molar-refractivity contribution in [2.24, 2.45) is 0 Å². The molecule has 0 aliphatic heterocycles. The maximum Gasteiger partial charge on any atom is 0.417 e. The van der Waals surface area contributed by atoms with Crippen molar-refractivity contribution in [1.29, 1.82) is 0 Å². The number of alkyl halides is 3. The first-order valence-electron chi connectivity index (χ1n) is 6.91. The lowest BCUT2D eigenvalue weighted by molar-refractivity contribution is -0.137. The average molecular weight is 402 g/mol. The van der Waals surface area contributed by atoms with Gasteiger partial charge < -0.3 is 14.1 Å². The Morgan fingerprint density at radius 1 is 1.25 bits per heavy atom. The van der Waals surface area contributed by atoms with Crippen LogP contribution in [0, 0.1) is 0 Å². The molecule has 0 aromatic carbocycles. The van der Waals surface area contributed by atoms with E-state index in [1.165, 1.54) is 22.7 Å². The van der Waals surface area contributed by atoms with Gasteiger partial charge in [0.25, 0.3) is 5.91 Å². The van der Waals surface area contributed by atoms with Gasteiger partial charge in [0, 0.05) is 25.4 Å². The highest BCUT2D eigenvalue weighted by Gasteiger charge is 2.30. The highest BCUT2D eigenvalue weighted by molar-refractivity contribution is 9.10. The molecule has 5 nitrogen and oxygen atoms in total. The minimum absolute atomic E-state index is 0.173. The summed E-state index contributed by atoms with van der Waals surface area (Å²) in [6.45, 7) is 0.285. The number of aromatic nitrogens is 2. The molecule has 3 aromatic heterocycles. The Labute approximate surface area is 142 Å². The van der Waals surface area contributed by atoms with Crippen molar-refractivity contribution in [2.75, 3.05) is 6.54 Å². The van der Waals surface area contributed by atoms with Crippen molar-refractivity contribution in [3.63, 3.8) is 0 Å². The third-order valence-corrected chi connectivity index (χ3v) is 3.72. The van der Waals surface area contributed by atoms with Crippen LogP contribution < -0.4 is 5.32 Å². The monoisotopic (exact) mass is 401 g/mol. The second-order valence-corrected chi connectivity index (χ2v) is 5.80. The molecule has 0 radical (unpaired) electrons. The van der Waals surface area contributed by atoms with Gasteiger partial charge in [-0.15, -0.1) is 0 Å². The molecule has 3 heterocycles. The predicted octanol–water partition coefficient (Wildman–Crippen LogP) is 3.68. The van der Waals surface area contributed by atoms with Crippen LogP contribution in [0.15, 0.2) is 45.7 Å². The van der Waals surface area contributed by atoms with Crippen LogP contribution in [-0.4, -0.2) is 21.8 Å². The van der Waals surface area contributed by atoms with Crippen LogP contribution in [0.3, 0.4) is 0 Å². The summed E-state index contributed by atoms with van der Waals surface area (Å²) in [4.78, 5) is 16.0. The second-order valence-electron chi connectivity index (χ2n) is 5.02. The quantitative estimate of drug-likeness (QED) is 0.725. The summed E-state index contributed by atoms with van der Waals surface area (Å²) in [6, 6.07) is 5.44. The van der Waals surface area contributed by atoms with E-state index in [4.69, 9.17) is 4.42 Å². The summed E-state index contributed by atoms with van der Waals surface area (Å²) < 4.78 is 44.9. The largest absolute Gasteiger partial charge is 0.444 e. The minimum atomic E-state index is -4.40. The van der Waals surface area contributed by atoms with Gasteiger partial charge in [0.05, 0.1) is 11.3 Å². The molecule has 3 rings (SSSR count). The van der Waals surface area contributed by atoms with E-state index >= 15 is 0 Å². The Morgan fingerprint density at radius 2 is 2.04 bits per heavy atom. The molecule has 24 heavy (non-hydrogen) atoms. The Kier molecular flexibility index (Phi) is 4.35. The Hall–Kier alpha value is -2.29. The number of amides is 1. The number of nitrogens with zero attached hydrogens (tertiary/aromatic N) is 2. The van der Waals surface area contributed by atoms with Crippen molar-refractivity contribution in [3.8, 4) is 0 Å². The second kappa shape index (κ2) is 6.31. The fourth-order valence-electron chi connectivity index (χ4n) is 2.16. The van der Waals surface area contributed by atoms with Gasteiger partial charge in [-0.3, -0.25) is 4.79 Å². The van der Waals surface area contributed by atoms with E-state index in [-0.39, 0.29) is 18.2 Å². The van der Waals surface area contributed by atoms with Gasteiger partial charge in [0.1, 0.15) is 5.65 Å². The minimum Gasteiger partial charge on any atom is -0.444 e. The number of hydrogen-bond acceptors (Lipinski definition) is 3. The number of rotatable bonds is 4. The fourth-order valence-corrected chi connectivity index (χ4v) is 2.47. The molecule has 0 spiro atoms. The van der Waals surface area contributed by atoms with Crippen molar-refractivity contribution >= 4 is 27.5 Å². The van der Waals surface area contributed by atoms with E-state index in [1.807, 2.05) is 0 Å². The maximum atomic E-state index is 12.7. The first-order chi connectivity index (χ1) is 11.3. The summed E-state index contributed by atoms with van der Waals surface area (Å²) in [6.07, 6.45) is -1.51. The SMILES string of the molecule is O=C(NCCc1cn2cc(C(F)(F)F)ccc2n1)c1ccc(Br)o1. The van der Waals surface area contributed by atoms with Crippen molar-refractivity contribution < 1.29 is 22.4 Å². The molecule has 0 aliphatic carbocycles. The number of halogens is 4. The lowest BCUT2D eigenvalue weighted by Gasteiger charge is -2.05. The molecule has 126 valence electrons. The standard InChI is InChI=1S/C15H11BrF3N3O2/c16-12-3-2-11(24-12)14(23)20-6-5-10-8-22-7-9(15(17,18)19)1-4-13(22)21-10/h1-4,7-8H,5-6H2,(H,20,23). The normalized spacial score (nSPS) is 11.8. The van der Waals surface area contributed by atoms with Gasteiger partial charge in [0.15, 0.2) is 10.4 Å². The predicted molar refractivity (Wildman–Crippen MR) is 82.6 cm³/mol. The Morgan fingerprint density at radius 3 is 2.71 bits per heavy atom. The molecule has 0 aliphatic rings. The van der Waals surface area contributed by atoms with E-state index in [9.17, 15) is 18.0 Å². The number of imidazole rings is 1. The van der Waals surface area contributed by atoms with E-state index in [1.54, 1.807) is 6.07 Å². The van der Waals surface area contributed by atoms with Gasteiger partial charge in [-0.05, 0) is 40.2 Å². The summed E-state index contributed by atoms with van der Waals surface area (Å²) in [5.41, 5.74) is 0.255. The van der Waals surface area contributed by atoms with Gasteiger partial charge in [-0.25, -0.2) is 4.98 Å². The molecule has 0 saturated heterocycles. The maximum absolute atomic E-state index is 12.7. The van der Waals surface area contributed by atoms with Gasteiger partial charge in [-0.1, -0.05) is 0 Å². The number of furan rings is 1. The first kappa shape index (κ1) is 16.6. The van der Waals surface area contributed by atoms with E-state index in [0.29, 0.717) is 22.4 Å². The summed E-state index contributed by atoms with van der Waals surface area (Å²) in [5, 5.41) is 2.66. The van der Waals surface area contributed by atoms with Crippen LogP contribution in [0.4, 0.5) is 13.2 Å². The van der Waals surface area contributed by atoms with Crippen LogP contribution in [0.5, 0.6) is 0 Å². The zero-order valence-corrected chi connectivity index (χ0v) is 13.7. The molecule has 0 atom stereocenters. The highest BCUT2D eigenvalue weighted by atomic mass is 79.9. The highest BCUT2D eigenvalue weighted by Crippen LogP contribution is 2.29. The number of carbonyl (C=O) groups excluding carboxylic acids is 1. The topological polar surface area (TPSA) is 59.5 Å². The average Bonchev–Trinajstić information content (AvgIpc) is 3.11. The Balaban J connectivity index is 1.64. The third kappa shape index (κ3) is 3.61. The fraction of sp³-hybridized carbons (Fsp3) is 0.200. The summed E-state index contributed by atoms with van der Waals surface area (Å²) in [7, 11) is 0. The Bertz CT molecular complexity index is 886. The van der Waals surface area contributed by atoms with Crippen LogP contribution in [-0.2, 0) is 12.6 Å². The molecule has 9 heteroatoms. The zero-order chi connectivity index (χ0) is 17.3. The number of carbonyl (C=O) groups is 1. The number of pyridine rings is 1. The molecular formula is C15H11BrF3N3O2. The molecule has 3 aromatic rings. The number of nitrogens with one attached hydrogen (secondary N) is 1. The smallest absolute Gasteiger partial charge is 0.417 e. The molecule has 0 saturated carbocycles. The van der Waals surface area contributed by atoms with Gasteiger partial charge >= 0.3 is 6.18 Å². The van der Waals surface area contributed by atoms with Crippen molar-refractivity contribution in [3.05, 3.63) is 58.3 Å². The summed E-state index contributed by atoms with van der Waals surface area (Å²) in [5.74, 6) is -0.199. The van der Waals surface area contributed by atoms with Gasteiger partial charge in [0.2, 0.25) is 0 Å². The van der Waals surface area contributed by atoms with E-state index < -0.39 is 11.7 Å². The van der Waals surface area contributed by atoms with Crippen LogP contribution in [0.25, 0.3) is 5.65 Å². The first-order valence-corrected chi connectivity index (χ1v) is 7.70. The molecule has 0 bridgehead atoms. The molecule has 1 N–H and O–H groups in total. The molecule has 0 unspecified atom stereocenters. The van der Waals surface area contributed by atoms with E-state index in [0.717, 1.165) is 12.3 Å². The van der Waals surface area contributed by atoms with Crippen LogP contribution >= 0.6 is 15.9 Å². The lowest BCUT2D eigenvalue weighted by atomic mass is 10.3. The zero-order valence-electron chi connectivity index (χ0n) is 12.1.